The van der Waals surface area contributed by atoms with E-state index in [0.717, 1.165) is 0 Å². The molecule has 16 heavy (non-hydrogen) atoms. The highest BCUT2D eigenvalue weighted by Gasteiger charge is 2.02. The Balaban J connectivity index is 0. The average molecular weight is 253 g/mol. The van der Waals surface area contributed by atoms with E-state index in [2.05, 4.69) is 16.2 Å². The van der Waals surface area contributed by atoms with Crippen LogP contribution in [0.1, 0.15) is 0 Å². The molecule has 92 valence electrons. The van der Waals surface area contributed by atoms with Crippen LogP contribution < -0.4 is 11.5 Å². The molecule has 0 aromatic heterocycles. The zero-order chi connectivity index (χ0) is 13.4. The van der Waals surface area contributed by atoms with Gasteiger partial charge in [0.05, 0.1) is 0 Å². The third-order valence-corrected chi connectivity index (χ3v) is 0.606. The van der Waals surface area contributed by atoms with Gasteiger partial charge in [-0.15, -0.1) is 0 Å². The summed E-state index contributed by atoms with van der Waals surface area (Å²) in [4.78, 5) is 0. The molecule has 1 aliphatic rings. The summed E-state index contributed by atoms with van der Waals surface area (Å²) >= 11 is 0. The summed E-state index contributed by atoms with van der Waals surface area (Å²) < 4.78 is 36.0. The van der Waals surface area contributed by atoms with Crippen molar-refractivity contribution in [2.24, 2.45) is 11.5 Å². The van der Waals surface area contributed by atoms with Gasteiger partial charge in [0.15, 0.2) is 5.96 Å². The van der Waals surface area contributed by atoms with Crippen molar-refractivity contribution >= 4 is 28.2 Å². The van der Waals surface area contributed by atoms with E-state index in [9.17, 15) is 0 Å². The molecule has 1 heterocycles. The van der Waals surface area contributed by atoms with E-state index in [1.54, 1.807) is 0 Å². The SMILES string of the molecule is N=C(N)N.N=C1C=CC(=N)O1.O=S(=O)(O)O. The summed E-state index contributed by atoms with van der Waals surface area (Å²) in [5, 5.41) is 19.5. The Morgan fingerprint density at radius 1 is 1.19 bits per heavy atom. The summed E-state index contributed by atoms with van der Waals surface area (Å²) in [5.41, 5.74) is 8.94. The van der Waals surface area contributed by atoms with E-state index in [-0.39, 0.29) is 17.8 Å². The van der Waals surface area contributed by atoms with Gasteiger partial charge in [-0.2, -0.15) is 8.42 Å². The molecule has 0 radical (unpaired) electrons. The predicted octanol–water partition coefficient (Wildman–Crippen LogP) is -1.29. The van der Waals surface area contributed by atoms with E-state index in [1.807, 2.05) is 0 Å². The minimum absolute atomic E-state index is 0.0463. The van der Waals surface area contributed by atoms with Crippen molar-refractivity contribution in [3.63, 3.8) is 0 Å². The second-order valence-corrected chi connectivity index (χ2v) is 2.96. The fraction of sp³-hybridized carbons (Fsp3) is 0. The van der Waals surface area contributed by atoms with Crippen LogP contribution in [0.5, 0.6) is 0 Å². The van der Waals surface area contributed by atoms with Crippen LogP contribution >= 0.6 is 0 Å². The van der Waals surface area contributed by atoms with Gasteiger partial charge < -0.3 is 16.2 Å². The van der Waals surface area contributed by atoms with Gasteiger partial charge in [0, 0.05) is 12.2 Å². The molecule has 0 unspecified atom stereocenters. The van der Waals surface area contributed by atoms with Crippen molar-refractivity contribution in [1.29, 1.82) is 16.2 Å². The summed E-state index contributed by atoms with van der Waals surface area (Å²) in [6, 6.07) is 0. The first-order valence-corrected chi connectivity index (χ1v) is 4.74. The number of rotatable bonds is 0. The second-order valence-electron chi connectivity index (χ2n) is 2.07. The third kappa shape index (κ3) is 29.6. The number of guanidine groups is 1. The van der Waals surface area contributed by atoms with Crippen molar-refractivity contribution in [2.75, 3.05) is 0 Å². The summed E-state index contributed by atoms with van der Waals surface area (Å²) in [7, 11) is -4.67. The van der Waals surface area contributed by atoms with Gasteiger partial charge in [0.1, 0.15) is 0 Å². The Hall–Kier alpha value is -1.98. The van der Waals surface area contributed by atoms with Gasteiger partial charge >= 0.3 is 10.4 Å². The predicted molar refractivity (Wildman–Crippen MR) is 56.0 cm³/mol. The molecule has 11 heteroatoms. The Morgan fingerprint density at radius 3 is 1.44 bits per heavy atom. The van der Waals surface area contributed by atoms with Crippen LogP contribution in [-0.4, -0.2) is 35.3 Å². The lowest BCUT2D eigenvalue weighted by Crippen LogP contribution is -2.20. The van der Waals surface area contributed by atoms with Crippen molar-refractivity contribution in [2.45, 2.75) is 0 Å². The summed E-state index contributed by atoms with van der Waals surface area (Å²) in [5.74, 6) is -0.241. The highest BCUT2D eigenvalue weighted by atomic mass is 32.3. The van der Waals surface area contributed by atoms with E-state index in [4.69, 9.17) is 33.8 Å². The van der Waals surface area contributed by atoms with Crippen LogP contribution in [0.25, 0.3) is 0 Å². The maximum atomic E-state index is 8.74. The first-order valence-electron chi connectivity index (χ1n) is 3.34. The standard InChI is InChI=1S/C4H4N2O.CH5N3.H2O4S/c5-3-1-2-4(6)7-3;2-1(3)4;1-5(2,3)4/h1-2,5-6H;(H5,2,3,4);(H2,1,2,3,4). The van der Waals surface area contributed by atoms with Crippen molar-refractivity contribution < 1.29 is 22.3 Å². The molecule has 1 aliphatic heterocycles. The van der Waals surface area contributed by atoms with Crippen molar-refractivity contribution in [3.8, 4) is 0 Å². The average Bonchev–Trinajstić information content (AvgIpc) is 2.28. The Bertz CT molecular complexity index is 371. The number of nitrogens with one attached hydrogen (secondary N) is 3. The van der Waals surface area contributed by atoms with Crippen LogP contribution in [0.4, 0.5) is 0 Å². The first-order chi connectivity index (χ1) is 7.02. The zero-order valence-corrected chi connectivity index (χ0v) is 8.65. The van der Waals surface area contributed by atoms with Crippen molar-refractivity contribution in [1.82, 2.24) is 0 Å². The molecule has 0 aromatic rings. The van der Waals surface area contributed by atoms with E-state index in [0.29, 0.717) is 0 Å². The van der Waals surface area contributed by atoms with Gasteiger partial charge in [0.25, 0.3) is 0 Å². The lowest BCUT2D eigenvalue weighted by atomic mass is 10.5. The summed E-state index contributed by atoms with van der Waals surface area (Å²) in [6.07, 6.45) is 2.87. The number of hydrogen-bond acceptors (Lipinski definition) is 6. The Kier molecular flexibility index (Phi) is 7.54. The molecule has 0 atom stereocenters. The molecule has 0 saturated carbocycles. The molecule has 0 aromatic carbocycles. The minimum atomic E-state index is -4.67. The van der Waals surface area contributed by atoms with E-state index in [1.165, 1.54) is 12.2 Å². The number of nitrogens with two attached hydrogens (primary N) is 2. The van der Waals surface area contributed by atoms with Crippen LogP contribution in [0.15, 0.2) is 12.2 Å². The lowest BCUT2D eigenvalue weighted by Gasteiger charge is -1.87. The molecular weight excluding hydrogens is 242 g/mol. The smallest absolute Gasteiger partial charge is 0.394 e. The molecular formula is C5H11N5O5S. The van der Waals surface area contributed by atoms with Gasteiger partial charge in [-0.3, -0.25) is 25.3 Å². The maximum absolute atomic E-state index is 8.74. The van der Waals surface area contributed by atoms with Gasteiger partial charge in [0.2, 0.25) is 11.8 Å². The highest BCUT2D eigenvalue weighted by Crippen LogP contribution is 1.93. The Labute approximate surface area is 91.0 Å². The maximum Gasteiger partial charge on any atom is 0.394 e. The van der Waals surface area contributed by atoms with Crippen LogP contribution in [0.2, 0.25) is 0 Å². The van der Waals surface area contributed by atoms with Gasteiger partial charge in [-0.05, 0) is 0 Å². The van der Waals surface area contributed by atoms with Crippen LogP contribution in [-0.2, 0) is 15.1 Å². The number of hydrogen-bond donors (Lipinski definition) is 7. The molecule has 1 rings (SSSR count). The molecule has 0 bridgehead atoms. The third-order valence-electron chi connectivity index (χ3n) is 0.606. The minimum Gasteiger partial charge on any atom is -0.422 e. The zero-order valence-electron chi connectivity index (χ0n) is 7.84. The molecule has 0 aliphatic carbocycles. The molecule has 9 N–H and O–H groups in total. The summed E-state index contributed by atoms with van der Waals surface area (Å²) in [6.45, 7) is 0. The van der Waals surface area contributed by atoms with Gasteiger partial charge in [-0.1, -0.05) is 0 Å². The molecule has 0 amide bonds. The highest BCUT2D eigenvalue weighted by molar-refractivity contribution is 7.79. The second kappa shape index (κ2) is 7.33. The van der Waals surface area contributed by atoms with Gasteiger partial charge in [-0.25, -0.2) is 0 Å². The van der Waals surface area contributed by atoms with E-state index < -0.39 is 10.4 Å². The lowest BCUT2D eigenvalue weighted by molar-refractivity contribution is 0.381. The van der Waals surface area contributed by atoms with Crippen LogP contribution in [0.3, 0.4) is 0 Å². The van der Waals surface area contributed by atoms with Crippen molar-refractivity contribution in [3.05, 3.63) is 12.2 Å². The first kappa shape index (κ1) is 16.4. The van der Waals surface area contributed by atoms with Crippen LogP contribution in [0, 0.1) is 16.2 Å². The largest absolute Gasteiger partial charge is 0.422 e. The Morgan fingerprint density at radius 2 is 1.38 bits per heavy atom. The van der Waals surface area contributed by atoms with E-state index >= 15 is 0 Å². The molecule has 10 nitrogen and oxygen atoms in total. The fourth-order valence-corrected chi connectivity index (χ4v) is 0.338. The number of ether oxygens (including phenoxy) is 1. The normalized spacial score (nSPS) is 12.9. The molecule has 0 fully saturated rings. The topological polar surface area (TPSA) is 207 Å². The molecule has 0 spiro atoms. The molecule has 0 saturated heterocycles. The monoisotopic (exact) mass is 253 g/mol. The fourth-order valence-electron chi connectivity index (χ4n) is 0.338. The quantitative estimate of drug-likeness (QED) is 0.158.